The summed E-state index contributed by atoms with van der Waals surface area (Å²) in [5.41, 5.74) is 10.5. The second-order valence-electron chi connectivity index (χ2n) is 10.4. The van der Waals surface area contributed by atoms with Gasteiger partial charge in [-0.2, -0.15) is 0 Å². The van der Waals surface area contributed by atoms with Crippen molar-refractivity contribution < 1.29 is 14.3 Å². The first-order valence-corrected chi connectivity index (χ1v) is 13.7. The maximum atomic E-state index is 13.0. The third-order valence-electron chi connectivity index (χ3n) is 7.49. The summed E-state index contributed by atoms with van der Waals surface area (Å²) in [5.74, 6) is 1.33. The van der Waals surface area contributed by atoms with Gasteiger partial charge in [0.15, 0.2) is 5.78 Å². The molecule has 0 bridgehead atoms. The zero-order valence-electron chi connectivity index (χ0n) is 21.9. The van der Waals surface area contributed by atoms with E-state index in [1.165, 1.54) is 5.56 Å². The molecule has 2 fully saturated rings. The number of hydrogen-bond acceptors (Lipinski definition) is 5. The van der Waals surface area contributed by atoms with Crippen molar-refractivity contribution in [3.8, 4) is 16.9 Å². The molecule has 3 aromatic rings. The number of carbonyl (C=O) groups is 2. The van der Waals surface area contributed by atoms with Gasteiger partial charge in [-0.05, 0) is 66.6 Å². The molecule has 5 rings (SSSR count). The number of Topliss-reactive ketones (excluding diaryl/α,β-unsaturated/α-hetero) is 1. The molecule has 0 aromatic heterocycles. The predicted octanol–water partition coefficient (Wildman–Crippen LogP) is 4.43. The van der Waals surface area contributed by atoms with Gasteiger partial charge in [-0.15, -0.1) is 0 Å². The van der Waals surface area contributed by atoms with Crippen molar-refractivity contribution in [3.05, 3.63) is 90.0 Å². The Morgan fingerprint density at radius 2 is 1.50 bits per heavy atom. The van der Waals surface area contributed by atoms with Crippen LogP contribution in [0, 0.1) is 5.92 Å². The third kappa shape index (κ3) is 6.88. The van der Waals surface area contributed by atoms with Gasteiger partial charge in [-0.3, -0.25) is 14.5 Å². The number of amides is 1. The predicted molar refractivity (Wildman–Crippen MR) is 150 cm³/mol. The summed E-state index contributed by atoms with van der Waals surface area (Å²) in [6.45, 7) is 4.67. The van der Waals surface area contributed by atoms with Crippen LogP contribution in [0.3, 0.4) is 0 Å². The Labute approximate surface area is 225 Å². The molecule has 0 spiro atoms. The normalized spacial score (nSPS) is 16.7. The van der Waals surface area contributed by atoms with Crippen LogP contribution in [0.5, 0.6) is 5.75 Å². The third-order valence-corrected chi connectivity index (χ3v) is 7.49. The lowest BCUT2D eigenvalue weighted by molar-refractivity contribution is -0.134. The standard InChI is InChI=1S/C32H37N3O3/c33-30(23-24-7-9-26(10-8-24)25-5-2-1-3-6-25)32(37)35-20-18-34(19-21-35)17-4-22-38-29-15-13-28(14-16-29)31(36)27-11-12-27/h1-3,5-10,13-16,27,30H,4,11-12,17-23,33H2/t30-/m1/s1. The van der Waals surface area contributed by atoms with Crippen LogP contribution in [0.4, 0.5) is 0 Å². The van der Waals surface area contributed by atoms with Gasteiger partial charge >= 0.3 is 0 Å². The molecule has 1 heterocycles. The molecule has 6 heteroatoms. The molecule has 2 aliphatic rings. The summed E-state index contributed by atoms with van der Waals surface area (Å²) in [6, 6.07) is 25.6. The Hall–Kier alpha value is -3.48. The zero-order valence-corrected chi connectivity index (χ0v) is 21.9. The molecular weight excluding hydrogens is 474 g/mol. The molecule has 1 saturated heterocycles. The number of carbonyl (C=O) groups excluding carboxylic acids is 2. The van der Waals surface area contributed by atoms with E-state index in [1.807, 2.05) is 47.4 Å². The van der Waals surface area contributed by atoms with Gasteiger partial charge in [0.1, 0.15) is 5.75 Å². The van der Waals surface area contributed by atoms with E-state index in [-0.39, 0.29) is 17.6 Å². The largest absolute Gasteiger partial charge is 0.494 e. The molecular formula is C32H37N3O3. The molecule has 1 amide bonds. The zero-order chi connectivity index (χ0) is 26.3. The minimum absolute atomic E-state index is 0.0312. The van der Waals surface area contributed by atoms with Crippen molar-refractivity contribution in [1.82, 2.24) is 9.80 Å². The van der Waals surface area contributed by atoms with Gasteiger partial charge in [0.05, 0.1) is 12.6 Å². The fraction of sp³-hybridized carbons (Fsp3) is 0.375. The Morgan fingerprint density at radius 1 is 0.842 bits per heavy atom. The number of rotatable bonds is 11. The second-order valence-corrected chi connectivity index (χ2v) is 10.4. The Balaban J connectivity index is 0.992. The molecule has 1 atom stereocenters. The highest BCUT2D eigenvalue weighted by atomic mass is 16.5. The molecule has 38 heavy (non-hydrogen) atoms. The van der Waals surface area contributed by atoms with E-state index in [2.05, 4.69) is 41.3 Å². The summed E-state index contributed by atoms with van der Waals surface area (Å²) >= 11 is 0. The number of hydrogen-bond donors (Lipinski definition) is 1. The first-order chi connectivity index (χ1) is 18.6. The summed E-state index contributed by atoms with van der Waals surface area (Å²) in [4.78, 5) is 29.4. The monoisotopic (exact) mass is 511 g/mol. The highest BCUT2D eigenvalue weighted by Gasteiger charge is 2.30. The van der Waals surface area contributed by atoms with E-state index in [0.29, 0.717) is 26.1 Å². The molecule has 198 valence electrons. The number of nitrogens with zero attached hydrogens (tertiary/aromatic N) is 2. The highest BCUT2D eigenvalue weighted by Crippen LogP contribution is 2.32. The van der Waals surface area contributed by atoms with Crippen LogP contribution >= 0.6 is 0 Å². The van der Waals surface area contributed by atoms with Gasteiger partial charge in [-0.1, -0.05) is 54.6 Å². The lowest BCUT2D eigenvalue weighted by Crippen LogP contribution is -2.53. The number of piperazine rings is 1. The molecule has 0 radical (unpaired) electrons. The van der Waals surface area contributed by atoms with E-state index in [9.17, 15) is 9.59 Å². The molecule has 1 saturated carbocycles. The second kappa shape index (κ2) is 12.4. The summed E-state index contributed by atoms with van der Waals surface area (Å²) in [5, 5.41) is 0. The summed E-state index contributed by atoms with van der Waals surface area (Å²) in [7, 11) is 0. The SMILES string of the molecule is N[C@H](Cc1ccc(-c2ccccc2)cc1)C(=O)N1CCN(CCCOc2ccc(C(=O)C3CC3)cc2)CC1. The van der Waals surface area contributed by atoms with Gasteiger partial charge in [0.2, 0.25) is 5.91 Å². The van der Waals surface area contributed by atoms with Gasteiger partial charge < -0.3 is 15.4 Å². The minimum Gasteiger partial charge on any atom is -0.494 e. The maximum absolute atomic E-state index is 13.0. The van der Waals surface area contributed by atoms with Crippen molar-refractivity contribution >= 4 is 11.7 Å². The number of nitrogens with two attached hydrogens (primary N) is 1. The number of ether oxygens (including phenoxy) is 1. The Kier molecular flexibility index (Phi) is 8.51. The van der Waals surface area contributed by atoms with E-state index in [0.717, 1.165) is 61.3 Å². The number of benzene rings is 3. The van der Waals surface area contributed by atoms with Gasteiger partial charge in [-0.25, -0.2) is 0 Å². The molecule has 0 unspecified atom stereocenters. The lowest BCUT2D eigenvalue weighted by atomic mass is 10.0. The smallest absolute Gasteiger partial charge is 0.239 e. The van der Waals surface area contributed by atoms with E-state index < -0.39 is 6.04 Å². The van der Waals surface area contributed by atoms with Crippen molar-refractivity contribution in [2.45, 2.75) is 31.7 Å². The average Bonchev–Trinajstić information content (AvgIpc) is 3.82. The van der Waals surface area contributed by atoms with Crippen LogP contribution in [0.15, 0.2) is 78.9 Å². The van der Waals surface area contributed by atoms with Gasteiger partial charge in [0, 0.05) is 44.2 Å². The minimum atomic E-state index is -0.525. The maximum Gasteiger partial charge on any atom is 0.239 e. The fourth-order valence-corrected chi connectivity index (χ4v) is 5.01. The fourth-order valence-electron chi connectivity index (χ4n) is 5.01. The molecule has 1 aliphatic carbocycles. The van der Waals surface area contributed by atoms with Crippen molar-refractivity contribution in [3.63, 3.8) is 0 Å². The van der Waals surface area contributed by atoms with Crippen molar-refractivity contribution in [1.29, 1.82) is 0 Å². The van der Waals surface area contributed by atoms with Crippen LogP contribution in [0.1, 0.15) is 35.2 Å². The van der Waals surface area contributed by atoms with Crippen LogP contribution < -0.4 is 10.5 Å². The molecule has 1 aliphatic heterocycles. The van der Waals surface area contributed by atoms with Crippen LogP contribution in [0.2, 0.25) is 0 Å². The van der Waals surface area contributed by atoms with Crippen LogP contribution in [-0.2, 0) is 11.2 Å². The first-order valence-electron chi connectivity index (χ1n) is 13.7. The Bertz CT molecular complexity index is 1200. The van der Waals surface area contributed by atoms with Crippen LogP contribution in [-0.4, -0.2) is 66.9 Å². The molecule has 6 nitrogen and oxygen atoms in total. The van der Waals surface area contributed by atoms with Crippen LogP contribution in [0.25, 0.3) is 11.1 Å². The lowest BCUT2D eigenvalue weighted by Gasteiger charge is -2.36. The molecule has 3 aromatic carbocycles. The summed E-state index contributed by atoms with van der Waals surface area (Å²) < 4.78 is 5.87. The Morgan fingerprint density at radius 3 is 2.16 bits per heavy atom. The average molecular weight is 512 g/mol. The summed E-state index contributed by atoms with van der Waals surface area (Å²) in [6.07, 6.45) is 3.50. The van der Waals surface area contributed by atoms with Crippen molar-refractivity contribution in [2.75, 3.05) is 39.3 Å². The number of ketones is 1. The van der Waals surface area contributed by atoms with E-state index in [1.54, 1.807) is 0 Å². The first kappa shape index (κ1) is 26.1. The highest BCUT2D eigenvalue weighted by molar-refractivity contribution is 5.99. The quantitative estimate of drug-likeness (QED) is 0.305. The molecule has 2 N–H and O–H groups in total. The topological polar surface area (TPSA) is 75.9 Å². The van der Waals surface area contributed by atoms with E-state index in [4.69, 9.17) is 10.5 Å². The van der Waals surface area contributed by atoms with Gasteiger partial charge in [0.25, 0.3) is 0 Å². The van der Waals surface area contributed by atoms with Crippen molar-refractivity contribution in [2.24, 2.45) is 11.7 Å². The van der Waals surface area contributed by atoms with E-state index >= 15 is 0 Å².